The Labute approximate surface area is 113 Å². The summed E-state index contributed by atoms with van der Waals surface area (Å²) >= 11 is 9.40. The zero-order valence-electron chi connectivity index (χ0n) is 8.86. The molecule has 0 spiro atoms. The number of ether oxygens (including phenoxy) is 1. The zero-order chi connectivity index (χ0) is 12.3. The molecule has 5 heteroatoms. The van der Waals surface area contributed by atoms with Crippen molar-refractivity contribution in [2.24, 2.45) is 5.73 Å². The van der Waals surface area contributed by atoms with Gasteiger partial charge < -0.3 is 10.5 Å². The van der Waals surface area contributed by atoms with Crippen LogP contribution in [0.15, 0.2) is 41.0 Å². The van der Waals surface area contributed by atoms with E-state index in [2.05, 4.69) is 20.9 Å². The average molecular weight is 314 g/mol. The first-order valence-corrected chi connectivity index (χ1v) is 6.14. The Morgan fingerprint density at radius 3 is 2.94 bits per heavy atom. The number of pyridine rings is 1. The van der Waals surface area contributed by atoms with Crippen LogP contribution in [0.25, 0.3) is 0 Å². The molecular weight excluding hydrogens is 304 g/mol. The van der Waals surface area contributed by atoms with Crippen LogP contribution >= 0.6 is 27.5 Å². The third kappa shape index (κ3) is 2.97. The van der Waals surface area contributed by atoms with Gasteiger partial charge in [0.05, 0.1) is 5.02 Å². The number of aromatic nitrogens is 1. The fraction of sp³-hybridized carbons (Fsp3) is 0.0833. The second-order valence-corrected chi connectivity index (χ2v) is 4.67. The van der Waals surface area contributed by atoms with Gasteiger partial charge in [-0.2, -0.15) is 0 Å². The maximum Gasteiger partial charge on any atom is 0.223 e. The number of hydrogen-bond acceptors (Lipinski definition) is 3. The van der Waals surface area contributed by atoms with Gasteiger partial charge in [-0.1, -0.05) is 33.6 Å². The minimum atomic E-state index is 0.370. The molecule has 0 saturated heterocycles. The summed E-state index contributed by atoms with van der Waals surface area (Å²) in [4.78, 5) is 4.14. The molecule has 0 atom stereocenters. The van der Waals surface area contributed by atoms with Crippen molar-refractivity contribution < 1.29 is 4.74 Å². The van der Waals surface area contributed by atoms with Gasteiger partial charge in [-0.25, -0.2) is 4.98 Å². The second kappa shape index (κ2) is 5.49. The van der Waals surface area contributed by atoms with Gasteiger partial charge in [0.25, 0.3) is 0 Å². The van der Waals surface area contributed by atoms with E-state index < -0.39 is 0 Å². The molecule has 0 aliphatic heterocycles. The van der Waals surface area contributed by atoms with Crippen LogP contribution in [0, 0.1) is 0 Å². The van der Waals surface area contributed by atoms with Crippen molar-refractivity contribution in [1.29, 1.82) is 0 Å². The molecule has 88 valence electrons. The summed E-state index contributed by atoms with van der Waals surface area (Å²) in [6, 6.07) is 9.08. The number of halogens is 2. The summed E-state index contributed by atoms with van der Waals surface area (Å²) < 4.78 is 6.55. The fourth-order valence-electron chi connectivity index (χ4n) is 1.33. The molecule has 1 aromatic carbocycles. The molecule has 0 bridgehead atoms. The summed E-state index contributed by atoms with van der Waals surface area (Å²) in [6.07, 6.45) is 1.65. The van der Waals surface area contributed by atoms with Crippen molar-refractivity contribution in [2.75, 3.05) is 0 Å². The van der Waals surface area contributed by atoms with E-state index in [0.717, 1.165) is 10.0 Å². The highest BCUT2D eigenvalue weighted by atomic mass is 79.9. The largest absolute Gasteiger partial charge is 0.437 e. The molecule has 17 heavy (non-hydrogen) atoms. The summed E-state index contributed by atoms with van der Waals surface area (Å²) in [5, 5.41) is 0.529. The Hall–Kier alpha value is -1.10. The first kappa shape index (κ1) is 12.4. The topological polar surface area (TPSA) is 48.1 Å². The molecule has 0 unspecified atom stereocenters. The van der Waals surface area contributed by atoms with Gasteiger partial charge in [-0.05, 0) is 24.3 Å². The van der Waals surface area contributed by atoms with E-state index >= 15 is 0 Å². The van der Waals surface area contributed by atoms with Gasteiger partial charge in [-0.3, -0.25) is 0 Å². The van der Waals surface area contributed by atoms with Crippen LogP contribution in [0.3, 0.4) is 0 Å². The van der Waals surface area contributed by atoms with Crippen LogP contribution in [0.5, 0.6) is 11.6 Å². The van der Waals surface area contributed by atoms with Crippen LogP contribution in [0.1, 0.15) is 5.56 Å². The quantitative estimate of drug-likeness (QED) is 0.939. The van der Waals surface area contributed by atoms with Gasteiger partial charge in [0, 0.05) is 22.8 Å². The first-order valence-electron chi connectivity index (χ1n) is 4.97. The third-order valence-electron chi connectivity index (χ3n) is 2.17. The molecule has 0 amide bonds. The molecule has 1 heterocycles. The van der Waals surface area contributed by atoms with Crippen LogP contribution in [0.4, 0.5) is 0 Å². The summed E-state index contributed by atoms with van der Waals surface area (Å²) in [5.74, 6) is 1.03. The highest BCUT2D eigenvalue weighted by Gasteiger charge is 2.08. The van der Waals surface area contributed by atoms with E-state index in [0.29, 0.717) is 23.2 Å². The van der Waals surface area contributed by atoms with E-state index in [1.807, 2.05) is 18.2 Å². The lowest BCUT2D eigenvalue weighted by Gasteiger charge is -2.09. The summed E-state index contributed by atoms with van der Waals surface area (Å²) in [5.41, 5.74) is 6.45. The van der Waals surface area contributed by atoms with Gasteiger partial charge in [0.15, 0.2) is 0 Å². The van der Waals surface area contributed by atoms with Crippen LogP contribution in [-0.2, 0) is 6.54 Å². The molecule has 2 N–H and O–H groups in total. The Bertz CT molecular complexity index is 534. The fourth-order valence-corrected chi connectivity index (χ4v) is 1.83. The third-order valence-corrected chi connectivity index (χ3v) is 2.98. The molecule has 0 saturated carbocycles. The Balaban J connectivity index is 2.34. The van der Waals surface area contributed by atoms with Crippen LogP contribution < -0.4 is 10.5 Å². The molecule has 2 rings (SSSR count). The smallest absolute Gasteiger partial charge is 0.223 e. The second-order valence-electron chi connectivity index (χ2n) is 3.35. The number of benzene rings is 1. The van der Waals surface area contributed by atoms with Crippen molar-refractivity contribution in [3.05, 3.63) is 51.6 Å². The number of nitrogens with two attached hydrogens (primary N) is 1. The minimum absolute atomic E-state index is 0.370. The average Bonchev–Trinajstić information content (AvgIpc) is 2.34. The molecule has 3 nitrogen and oxygen atoms in total. The van der Waals surface area contributed by atoms with E-state index in [4.69, 9.17) is 22.1 Å². The number of hydrogen-bond donors (Lipinski definition) is 1. The number of rotatable bonds is 3. The SMILES string of the molecule is NCc1cccnc1Oc1cc(Br)ccc1Cl. The molecule has 0 radical (unpaired) electrons. The molecule has 1 aromatic heterocycles. The molecule has 0 aliphatic rings. The lowest BCUT2D eigenvalue weighted by Crippen LogP contribution is -2.00. The van der Waals surface area contributed by atoms with Crippen molar-refractivity contribution in [2.45, 2.75) is 6.54 Å². The summed E-state index contributed by atoms with van der Waals surface area (Å²) in [7, 11) is 0. The maximum atomic E-state index is 6.04. The molecule has 0 fully saturated rings. The normalized spacial score (nSPS) is 10.3. The standard InChI is InChI=1S/C12H10BrClN2O/c13-9-3-4-10(14)11(6-9)17-12-8(7-15)2-1-5-16-12/h1-6H,7,15H2. The highest BCUT2D eigenvalue weighted by molar-refractivity contribution is 9.10. The van der Waals surface area contributed by atoms with Crippen molar-refractivity contribution in [1.82, 2.24) is 4.98 Å². The van der Waals surface area contributed by atoms with Gasteiger partial charge in [0.2, 0.25) is 5.88 Å². The minimum Gasteiger partial charge on any atom is -0.437 e. The van der Waals surface area contributed by atoms with Gasteiger partial charge >= 0.3 is 0 Å². The Morgan fingerprint density at radius 1 is 1.35 bits per heavy atom. The van der Waals surface area contributed by atoms with Gasteiger partial charge in [0.1, 0.15) is 5.75 Å². The monoisotopic (exact) mass is 312 g/mol. The van der Waals surface area contributed by atoms with E-state index in [1.165, 1.54) is 0 Å². The van der Waals surface area contributed by atoms with Crippen molar-refractivity contribution in [3.63, 3.8) is 0 Å². The zero-order valence-corrected chi connectivity index (χ0v) is 11.2. The molecule has 0 aliphatic carbocycles. The first-order chi connectivity index (χ1) is 8.20. The maximum absolute atomic E-state index is 6.04. The van der Waals surface area contributed by atoms with Crippen molar-refractivity contribution in [3.8, 4) is 11.6 Å². The predicted octanol–water partition coefficient (Wildman–Crippen LogP) is 3.75. The van der Waals surface area contributed by atoms with E-state index in [9.17, 15) is 0 Å². The van der Waals surface area contributed by atoms with Gasteiger partial charge in [-0.15, -0.1) is 0 Å². The van der Waals surface area contributed by atoms with Crippen LogP contribution in [0.2, 0.25) is 5.02 Å². The van der Waals surface area contributed by atoms with Crippen LogP contribution in [-0.4, -0.2) is 4.98 Å². The predicted molar refractivity (Wildman–Crippen MR) is 71.4 cm³/mol. The lowest BCUT2D eigenvalue weighted by molar-refractivity contribution is 0.456. The lowest BCUT2D eigenvalue weighted by atomic mass is 10.3. The summed E-state index contributed by atoms with van der Waals surface area (Å²) in [6.45, 7) is 0.370. The molecular formula is C12H10BrClN2O. The van der Waals surface area contributed by atoms with Crippen molar-refractivity contribution >= 4 is 27.5 Å². The molecule has 2 aromatic rings. The number of nitrogens with zero attached hydrogens (tertiary/aromatic N) is 1. The van der Waals surface area contributed by atoms with E-state index in [-0.39, 0.29) is 0 Å². The Morgan fingerprint density at radius 2 is 2.18 bits per heavy atom. The highest BCUT2D eigenvalue weighted by Crippen LogP contribution is 2.32. The Kier molecular flexibility index (Phi) is 3.99. The van der Waals surface area contributed by atoms with E-state index in [1.54, 1.807) is 18.3 Å².